The van der Waals surface area contributed by atoms with Gasteiger partial charge in [0.2, 0.25) is 0 Å². The highest BCUT2D eigenvalue weighted by Gasteiger charge is 2.39. The van der Waals surface area contributed by atoms with Crippen molar-refractivity contribution in [1.29, 1.82) is 5.26 Å². The Kier molecular flexibility index (Phi) is 3.70. The molecular formula is C16H20N2S. The molecule has 0 amide bonds. The minimum Gasteiger partial charge on any atom is -0.384 e. The van der Waals surface area contributed by atoms with Gasteiger partial charge in [0.05, 0.1) is 11.3 Å². The smallest absolute Gasteiger partial charge is 0.102 e. The van der Waals surface area contributed by atoms with Crippen molar-refractivity contribution in [3.05, 3.63) is 23.8 Å². The van der Waals surface area contributed by atoms with Crippen molar-refractivity contribution in [1.82, 2.24) is 0 Å². The molecule has 1 aromatic rings. The van der Waals surface area contributed by atoms with Crippen molar-refractivity contribution in [3.8, 4) is 6.07 Å². The first-order chi connectivity index (χ1) is 9.31. The zero-order valence-corrected chi connectivity index (χ0v) is 12.2. The summed E-state index contributed by atoms with van der Waals surface area (Å²) >= 11 is 1.64. The molecule has 3 rings (SSSR count). The Morgan fingerprint density at radius 3 is 2.89 bits per heavy atom. The number of nitrogens with zero attached hydrogens (tertiary/aromatic N) is 1. The number of thioether (sulfide) groups is 1. The van der Waals surface area contributed by atoms with Crippen molar-refractivity contribution >= 4 is 17.4 Å². The summed E-state index contributed by atoms with van der Waals surface area (Å²) in [7, 11) is 0. The van der Waals surface area contributed by atoms with Gasteiger partial charge < -0.3 is 5.32 Å². The molecule has 0 spiro atoms. The molecule has 19 heavy (non-hydrogen) atoms. The van der Waals surface area contributed by atoms with Crippen LogP contribution in [-0.4, -0.2) is 12.8 Å². The third-order valence-corrected chi connectivity index (χ3v) is 5.58. The molecular weight excluding hydrogens is 252 g/mol. The molecule has 2 bridgehead atoms. The topological polar surface area (TPSA) is 35.8 Å². The Morgan fingerprint density at radius 2 is 2.26 bits per heavy atom. The number of nitriles is 1. The van der Waals surface area contributed by atoms with Gasteiger partial charge in [0.25, 0.3) is 0 Å². The Bertz CT molecular complexity index is 506. The van der Waals surface area contributed by atoms with E-state index >= 15 is 0 Å². The van der Waals surface area contributed by atoms with E-state index in [1.54, 1.807) is 11.8 Å². The van der Waals surface area contributed by atoms with Crippen molar-refractivity contribution in [2.45, 2.75) is 30.6 Å². The van der Waals surface area contributed by atoms with Crippen LogP contribution in [0, 0.1) is 29.1 Å². The normalized spacial score (nSPS) is 28.3. The number of hydrogen-bond donors (Lipinski definition) is 1. The van der Waals surface area contributed by atoms with Gasteiger partial charge in [-0.25, -0.2) is 0 Å². The molecule has 3 atom stereocenters. The van der Waals surface area contributed by atoms with Gasteiger partial charge in [-0.05, 0) is 55.4 Å². The average molecular weight is 272 g/mol. The fourth-order valence-corrected chi connectivity index (χ4v) is 4.41. The van der Waals surface area contributed by atoms with Crippen LogP contribution in [0.1, 0.15) is 31.2 Å². The van der Waals surface area contributed by atoms with Crippen molar-refractivity contribution in [3.63, 3.8) is 0 Å². The quantitative estimate of drug-likeness (QED) is 0.837. The van der Waals surface area contributed by atoms with E-state index in [1.165, 1.54) is 25.7 Å². The minimum absolute atomic E-state index is 0.804. The molecule has 2 aliphatic rings. The average Bonchev–Trinajstić information content (AvgIpc) is 3.06. The standard InChI is InChI=1S/C16H20N2S/c1-19-16-4-2-3-15(14(16)9-17)18-10-13-8-11-5-6-12(13)7-11/h2-4,11-13,18H,5-8,10H2,1H3. The fraction of sp³-hybridized carbons (Fsp3) is 0.562. The summed E-state index contributed by atoms with van der Waals surface area (Å²) in [6.45, 7) is 1.04. The van der Waals surface area contributed by atoms with Crippen molar-refractivity contribution in [2.75, 3.05) is 18.1 Å². The minimum atomic E-state index is 0.804. The van der Waals surface area contributed by atoms with E-state index in [4.69, 9.17) is 0 Å². The summed E-state index contributed by atoms with van der Waals surface area (Å²) in [6.07, 6.45) is 7.74. The maximum atomic E-state index is 9.32. The molecule has 3 heteroatoms. The summed E-state index contributed by atoms with van der Waals surface area (Å²) in [5.74, 6) is 2.75. The van der Waals surface area contributed by atoms with E-state index in [1.807, 2.05) is 24.5 Å². The maximum Gasteiger partial charge on any atom is 0.102 e. The number of hydrogen-bond acceptors (Lipinski definition) is 3. The second kappa shape index (κ2) is 5.46. The number of fused-ring (bicyclic) bond motifs is 2. The first-order valence-electron chi connectivity index (χ1n) is 7.12. The molecule has 0 radical (unpaired) electrons. The van der Waals surface area contributed by atoms with Crippen molar-refractivity contribution < 1.29 is 0 Å². The second-order valence-corrected chi connectivity index (χ2v) is 6.66. The second-order valence-electron chi connectivity index (χ2n) is 5.81. The van der Waals surface area contributed by atoms with Gasteiger partial charge in [-0.1, -0.05) is 12.5 Å². The molecule has 0 aromatic heterocycles. The van der Waals surface area contributed by atoms with Crippen LogP contribution in [0.25, 0.3) is 0 Å². The predicted octanol–water partition coefficient (Wildman–Crippen LogP) is 4.13. The maximum absolute atomic E-state index is 9.32. The highest BCUT2D eigenvalue weighted by molar-refractivity contribution is 7.98. The lowest BCUT2D eigenvalue weighted by molar-refractivity contribution is 0.348. The lowest BCUT2D eigenvalue weighted by Crippen LogP contribution is -2.20. The largest absolute Gasteiger partial charge is 0.384 e. The van der Waals surface area contributed by atoms with Gasteiger partial charge in [-0.2, -0.15) is 5.26 Å². The first-order valence-corrected chi connectivity index (χ1v) is 8.35. The van der Waals surface area contributed by atoms with Crippen LogP contribution in [0.15, 0.2) is 23.1 Å². The molecule has 3 unspecified atom stereocenters. The first kappa shape index (κ1) is 12.9. The van der Waals surface area contributed by atoms with E-state index in [0.717, 1.165) is 40.4 Å². The zero-order chi connectivity index (χ0) is 13.2. The monoisotopic (exact) mass is 272 g/mol. The Labute approximate surface area is 119 Å². The molecule has 100 valence electrons. The van der Waals surface area contributed by atoms with E-state index < -0.39 is 0 Å². The van der Waals surface area contributed by atoms with Crippen LogP contribution in [0.4, 0.5) is 5.69 Å². The highest BCUT2D eigenvalue weighted by atomic mass is 32.2. The Morgan fingerprint density at radius 1 is 1.37 bits per heavy atom. The van der Waals surface area contributed by atoms with E-state index in [-0.39, 0.29) is 0 Å². The van der Waals surface area contributed by atoms with Crippen LogP contribution in [0.3, 0.4) is 0 Å². The predicted molar refractivity (Wildman–Crippen MR) is 80.4 cm³/mol. The number of rotatable bonds is 4. The summed E-state index contributed by atoms with van der Waals surface area (Å²) in [5.41, 5.74) is 1.82. The van der Waals surface area contributed by atoms with Gasteiger partial charge in [-0.15, -0.1) is 11.8 Å². The summed E-state index contributed by atoms with van der Waals surface area (Å²) < 4.78 is 0. The Hall–Kier alpha value is -1.14. The third-order valence-electron chi connectivity index (χ3n) is 4.80. The van der Waals surface area contributed by atoms with Gasteiger partial charge in [0, 0.05) is 11.4 Å². The summed E-state index contributed by atoms with van der Waals surface area (Å²) in [6, 6.07) is 8.43. The van der Waals surface area contributed by atoms with Gasteiger partial charge in [0.1, 0.15) is 6.07 Å². The molecule has 0 aliphatic heterocycles. The molecule has 1 N–H and O–H groups in total. The number of nitrogens with one attached hydrogen (secondary N) is 1. The molecule has 0 heterocycles. The molecule has 2 saturated carbocycles. The van der Waals surface area contributed by atoms with Gasteiger partial charge in [-0.3, -0.25) is 0 Å². The van der Waals surface area contributed by atoms with Gasteiger partial charge in [0.15, 0.2) is 0 Å². The lowest BCUT2D eigenvalue weighted by Gasteiger charge is -2.22. The number of benzene rings is 1. The number of anilines is 1. The van der Waals surface area contributed by atoms with Gasteiger partial charge >= 0.3 is 0 Å². The SMILES string of the molecule is CSc1cccc(NCC2CC3CCC2C3)c1C#N. The molecule has 2 aliphatic carbocycles. The highest BCUT2D eigenvalue weighted by Crippen LogP contribution is 2.48. The Balaban J connectivity index is 1.69. The van der Waals surface area contributed by atoms with Crippen LogP contribution in [0.5, 0.6) is 0 Å². The summed E-state index contributed by atoms with van der Waals surface area (Å²) in [5, 5.41) is 12.9. The van der Waals surface area contributed by atoms with E-state index in [9.17, 15) is 5.26 Å². The molecule has 2 nitrogen and oxygen atoms in total. The molecule has 1 aromatic carbocycles. The van der Waals surface area contributed by atoms with Crippen molar-refractivity contribution in [2.24, 2.45) is 17.8 Å². The lowest BCUT2D eigenvalue weighted by atomic mass is 9.89. The van der Waals surface area contributed by atoms with Crippen LogP contribution in [0.2, 0.25) is 0 Å². The molecule has 0 saturated heterocycles. The van der Waals surface area contributed by atoms with Crippen LogP contribution in [-0.2, 0) is 0 Å². The van der Waals surface area contributed by atoms with E-state index in [2.05, 4.69) is 11.4 Å². The fourth-order valence-electron chi connectivity index (χ4n) is 3.83. The van der Waals surface area contributed by atoms with Crippen LogP contribution < -0.4 is 5.32 Å². The van der Waals surface area contributed by atoms with Crippen LogP contribution >= 0.6 is 11.8 Å². The summed E-state index contributed by atoms with van der Waals surface area (Å²) in [4.78, 5) is 1.07. The zero-order valence-electron chi connectivity index (χ0n) is 11.4. The van der Waals surface area contributed by atoms with E-state index in [0.29, 0.717) is 0 Å². The third kappa shape index (κ3) is 2.47. The molecule has 2 fully saturated rings.